The van der Waals surface area contributed by atoms with Gasteiger partial charge in [-0.25, -0.2) is 4.79 Å². The van der Waals surface area contributed by atoms with Gasteiger partial charge in [0, 0.05) is 12.7 Å². The summed E-state index contributed by atoms with van der Waals surface area (Å²) in [6.45, 7) is 0. The van der Waals surface area contributed by atoms with Gasteiger partial charge in [0.1, 0.15) is 23.7 Å². The first-order chi connectivity index (χ1) is 7.24. The number of para-hydroxylation sites is 1. The Labute approximate surface area is 86.7 Å². The smallest absolute Gasteiger partial charge is 0.337 e. The highest BCUT2D eigenvalue weighted by Gasteiger charge is 2.28. The third-order valence-electron chi connectivity index (χ3n) is 2.28. The summed E-state index contributed by atoms with van der Waals surface area (Å²) < 4.78 is 10.4. The lowest BCUT2D eigenvalue weighted by Crippen LogP contribution is -2.18. The van der Waals surface area contributed by atoms with Crippen LogP contribution in [0.3, 0.4) is 0 Å². The number of methoxy groups -OCH3 is 1. The van der Waals surface area contributed by atoms with E-state index in [1.165, 1.54) is 13.4 Å². The van der Waals surface area contributed by atoms with Crippen LogP contribution in [0.25, 0.3) is 0 Å². The van der Waals surface area contributed by atoms with Gasteiger partial charge in [-0.3, -0.25) is 0 Å². The highest BCUT2D eigenvalue weighted by atomic mass is 16.5. The molecule has 1 heterocycles. The summed E-state index contributed by atoms with van der Waals surface area (Å²) in [4.78, 5) is 10.9. The third-order valence-corrected chi connectivity index (χ3v) is 2.28. The van der Waals surface area contributed by atoms with Crippen molar-refractivity contribution >= 4 is 5.97 Å². The Morgan fingerprint density at radius 2 is 2.20 bits per heavy atom. The lowest BCUT2D eigenvalue weighted by Gasteiger charge is -2.23. The van der Waals surface area contributed by atoms with E-state index in [0.717, 1.165) is 5.56 Å². The predicted molar refractivity (Wildman–Crippen MR) is 52.5 cm³/mol. The Hall–Kier alpha value is -1.81. The van der Waals surface area contributed by atoms with Crippen LogP contribution in [0.4, 0.5) is 0 Å². The maximum atomic E-state index is 10.9. The normalized spacial score (nSPS) is 18.7. The van der Waals surface area contributed by atoms with Crippen LogP contribution in [0.2, 0.25) is 0 Å². The first-order valence-electron chi connectivity index (χ1n) is 4.45. The molecule has 4 nitrogen and oxygen atoms in total. The van der Waals surface area contributed by atoms with Crippen molar-refractivity contribution in [2.45, 2.75) is 6.10 Å². The molecule has 0 radical (unpaired) electrons. The molecule has 1 aliphatic rings. The molecular formula is C11H10O4. The molecule has 0 aromatic heterocycles. The lowest BCUT2D eigenvalue weighted by atomic mass is 10.00. The van der Waals surface area contributed by atoms with Gasteiger partial charge < -0.3 is 14.6 Å². The molecular weight excluding hydrogens is 196 g/mol. The van der Waals surface area contributed by atoms with Gasteiger partial charge in [0.05, 0.1) is 0 Å². The number of fused-ring (bicyclic) bond motifs is 1. The van der Waals surface area contributed by atoms with Crippen molar-refractivity contribution in [2.75, 3.05) is 7.11 Å². The van der Waals surface area contributed by atoms with Gasteiger partial charge in [-0.2, -0.15) is 0 Å². The van der Waals surface area contributed by atoms with Crippen LogP contribution in [0.1, 0.15) is 11.7 Å². The summed E-state index contributed by atoms with van der Waals surface area (Å²) in [7, 11) is 1.48. The molecule has 15 heavy (non-hydrogen) atoms. The molecule has 1 N–H and O–H groups in total. The molecule has 0 saturated heterocycles. The van der Waals surface area contributed by atoms with Gasteiger partial charge in [0.2, 0.25) is 0 Å². The number of carboxylic acid groups (broad SMARTS) is 1. The zero-order chi connectivity index (χ0) is 10.8. The van der Waals surface area contributed by atoms with Crippen molar-refractivity contribution in [3.8, 4) is 5.75 Å². The summed E-state index contributed by atoms with van der Waals surface area (Å²) in [5, 5.41) is 8.94. The van der Waals surface area contributed by atoms with Crippen molar-refractivity contribution in [1.82, 2.24) is 0 Å². The van der Waals surface area contributed by atoms with Crippen molar-refractivity contribution in [3.63, 3.8) is 0 Å². The van der Waals surface area contributed by atoms with Crippen LogP contribution < -0.4 is 4.74 Å². The van der Waals surface area contributed by atoms with E-state index in [-0.39, 0.29) is 5.57 Å². The molecule has 0 saturated carbocycles. The molecule has 2 rings (SSSR count). The zero-order valence-corrected chi connectivity index (χ0v) is 8.14. The van der Waals surface area contributed by atoms with E-state index in [9.17, 15) is 4.79 Å². The molecule has 0 aliphatic carbocycles. The standard InChI is InChI=1S/C11H10O4/c1-14-10-7-4-2-3-5-9(7)15-6-8(10)11(12)13/h2-6,10H,1H3,(H,12,13). The van der Waals surface area contributed by atoms with E-state index in [4.69, 9.17) is 14.6 Å². The maximum absolute atomic E-state index is 10.9. The molecule has 1 aromatic carbocycles. The van der Waals surface area contributed by atoms with Crippen molar-refractivity contribution in [1.29, 1.82) is 0 Å². The number of ether oxygens (including phenoxy) is 2. The molecule has 78 valence electrons. The van der Waals surface area contributed by atoms with E-state index >= 15 is 0 Å². The minimum atomic E-state index is -1.03. The number of hydrogen-bond acceptors (Lipinski definition) is 3. The van der Waals surface area contributed by atoms with Gasteiger partial charge in [-0.15, -0.1) is 0 Å². The first-order valence-corrected chi connectivity index (χ1v) is 4.45. The number of benzene rings is 1. The fraction of sp³-hybridized carbons (Fsp3) is 0.182. The van der Waals surface area contributed by atoms with Gasteiger partial charge in [-0.05, 0) is 6.07 Å². The van der Waals surface area contributed by atoms with Gasteiger partial charge in [0.15, 0.2) is 0 Å². The Kier molecular flexibility index (Phi) is 2.43. The van der Waals surface area contributed by atoms with Crippen molar-refractivity contribution < 1.29 is 19.4 Å². The Morgan fingerprint density at radius 1 is 1.47 bits per heavy atom. The summed E-state index contributed by atoms with van der Waals surface area (Å²) in [6, 6.07) is 7.21. The van der Waals surface area contributed by atoms with E-state index < -0.39 is 12.1 Å². The minimum Gasteiger partial charge on any atom is -0.478 e. The van der Waals surface area contributed by atoms with Crippen LogP contribution in [-0.2, 0) is 9.53 Å². The summed E-state index contributed by atoms with van der Waals surface area (Å²) in [5.41, 5.74) is 0.844. The number of rotatable bonds is 2. The molecule has 1 aliphatic heterocycles. The largest absolute Gasteiger partial charge is 0.478 e. The molecule has 0 amide bonds. The average molecular weight is 206 g/mol. The van der Waals surface area contributed by atoms with Crippen LogP contribution in [-0.4, -0.2) is 18.2 Å². The minimum absolute atomic E-state index is 0.108. The van der Waals surface area contributed by atoms with Gasteiger partial charge >= 0.3 is 5.97 Å². The third kappa shape index (κ3) is 1.59. The first kappa shape index (κ1) is 9.73. The topological polar surface area (TPSA) is 55.8 Å². The van der Waals surface area contributed by atoms with Gasteiger partial charge in [-0.1, -0.05) is 18.2 Å². The number of carbonyl (C=O) groups is 1. The van der Waals surface area contributed by atoms with Crippen LogP contribution in [0, 0.1) is 0 Å². The van der Waals surface area contributed by atoms with Crippen LogP contribution >= 0.6 is 0 Å². The van der Waals surface area contributed by atoms with Crippen LogP contribution in [0.5, 0.6) is 5.75 Å². The number of aliphatic carboxylic acids is 1. The molecule has 0 spiro atoms. The summed E-state index contributed by atoms with van der Waals surface area (Å²) in [6.07, 6.45) is 0.659. The number of hydrogen-bond donors (Lipinski definition) is 1. The second-order valence-corrected chi connectivity index (χ2v) is 3.15. The molecule has 4 heteroatoms. The second kappa shape index (κ2) is 3.74. The summed E-state index contributed by atoms with van der Waals surface area (Å²) >= 11 is 0. The van der Waals surface area contributed by atoms with Gasteiger partial charge in [0.25, 0.3) is 0 Å². The fourth-order valence-corrected chi connectivity index (χ4v) is 1.58. The quantitative estimate of drug-likeness (QED) is 0.800. The maximum Gasteiger partial charge on any atom is 0.337 e. The molecule has 1 aromatic rings. The molecule has 0 fully saturated rings. The van der Waals surface area contributed by atoms with Crippen molar-refractivity contribution in [2.24, 2.45) is 0 Å². The van der Waals surface area contributed by atoms with E-state index in [2.05, 4.69) is 0 Å². The molecule has 1 atom stereocenters. The number of carboxylic acids is 1. The monoisotopic (exact) mass is 206 g/mol. The average Bonchev–Trinajstić information content (AvgIpc) is 2.27. The SMILES string of the molecule is COC1C(C(=O)O)=COc2ccccc21. The second-order valence-electron chi connectivity index (χ2n) is 3.15. The van der Waals surface area contributed by atoms with E-state index in [1.54, 1.807) is 12.1 Å². The Balaban J connectivity index is 2.46. The predicted octanol–water partition coefficient (Wildman–Crippen LogP) is 1.73. The molecule has 0 bridgehead atoms. The summed E-state index contributed by atoms with van der Waals surface area (Å²) in [5.74, 6) is -0.397. The highest BCUT2D eigenvalue weighted by Crippen LogP contribution is 2.36. The van der Waals surface area contributed by atoms with E-state index in [1.807, 2.05) is 12.1 Å². The van der Waals surface area contributed by atoms with Crippen molar-refractivity contribution in [3.05, 3.63) is 41.7 Å². The highest BCUT2D eigenvalue weighted by molar-refractivity contribution is 5.88. The zero-order valence-electron chi connectivity index (χ0n) is 8.14. The Morgan fingerprint density at radius 3 is 2.87 bits per heavy atom. The molecule has 1 unspecified atom stereocenters. The Bertz CT molecular complexity index is 422. The lowest BCUT2D eigenvalue weighted by molar-refractivity contribution is -0.134. The fourth-order valence-electron chi connectivity index (χ4n) is 1.58. The van der Waals surface area contributed by atoms with E-state index in [0.29, 0.717) is 5.75 Å². The van der Waals surface area contributed by atoms with Crippen LogP contribution in [0.15, 0.2) is 36.1 Å².